The lowest BCUT2D eigenvalue weighted by Gasteiger charge is -2.29. The van der Waals surface area contributed by atoms with Crippen molar-refractivity contribution in [3.05, 3.63) is 22.2 Å². The van der Waals surface area contributed by atoms with Gasteiger partial charge in [-0.05, 0) is 47.3 Å². The number of nitrogens with two attached hydrogens (primary N) is 1. The lowest BCUT2D eigenvalue weighted by Crippen LogP contribution is -2.33. The number of likely N-dealkylation sites (N-methyl/N-ethyl adjacent to an activating group) is 1. The number of hydrogen-bond donors (Lipinski definition) is 2. The molecule has 0 spiro atoms. The fourth-order valence-corrected chi connectivity index (χ4v) is 3.61. The molecule has 2 aliphatic rings. The second-order valence-electron chi connectivity index (χ2n) is 5.73. The predicted octanol–water partition coefficient (Wildman–Crippen LogP) is 2.41. The number of anilines is 2. The minimum atomic E-state index is -0.572. The van der Waals surface area contributed by atoms with Crippen LogP contribution in [-0.4, -0.2) is 32.2 Å². The van der Waals surface area contributed by atoms with Gasteiger partial charge >= 0.3 is 0 Å². The zero-order valence-electron chi connectivity index (χ0n) is 12.1. The molecule has 2 unspecified atom stereocenters. The maximum atomic E-state index is 11.7. The second-order valence-corrected chi connectivity index (χ2v) is 6.58. The molecule has 2 aliphatic heterocycles. The van der Waals surface area contributed by atoms with E-state index in [0.717, 1.165) is 47.4 Å². The Balaban J connectivity index is 1.79. The lowest BCUT2D eigenvalue weighted by atomic mass is 10.1. The van der Waals surface area contributed by atoms with E-state index in [4.69, 9.17) is 10.5 Å². The summed E-state index contributed by atoms with van der Waals surface area (Å²) < 4.78 is 6.74. The average molecular weight is 354 g/mol. The quantitative estimate of drug-likeness (QED) is 0.875. The summed E-state index contributed by atoms with van der Waals surface area (Å²) in [6.07, 6.45) is 3.77. The van der Waals surface area contributed by atoms with Crippen molar-refractivity contribution in [1.82, 2.24) is 0 Å². The van der Waals surface area contributed by atoms with Gasteiger partial charge in [-0.2, -0.15) is 0 Å². The number of rotatable bonds is 3. The molecule has 5 nitrogen and oxygen atoms in total. The molecule has 2 atom stereocenters. The minimum Gasteiger partial charge on any atom is -0.376 e. The van der Waals surface area contributed by atoms with Gasteiger partial charge in [-0.25, -0.2) is 0 Å². The van der Waals surface area contributed by atoms with E-state index >= 15 is 0 Å². The van der Waals surface area contributed by atoms with E-state index < -0.39 is 6.04 Å². The van der Waals surface area contributed by atoms with E-state index in [1.54, 1.807) is 0 Å². The molecule has 3 N–H and O–H groups in total. The number of amides is 1. The number of nitrogens with zero attached hydrogens (tertiary/aromatic N) is 1. The van der Waals surface area contributed by atoms with E-state index in [-0.39, 0.29) is 12.0 Å². The third-order valence-corrected chi connectivity index (χ3v) is 4.79. The molecule has 3 rings (SSSR count). The number of fused-ring (bicyclic) bond motifs is 1. The van der Waals surface area contributed by atoms with Crippen LogP contribution in [0.4, 0.5) is 11.4 Å². The van der Waals surface area contributed by atoms with Gasteiger partial charge < -0.3 is 20.7 Å². The van der Waals surface area contributed by atoms with Gasteiger partial charge in [0.1, 0.15) is 6.04 Å². The van der Waals surface area contributed by atoms with Gasteiger partial charge in [0.25, 0.3) is 0 Å². The summed E-state index contributed by atoms with van der Waals surface area (Å²) in [5.41, 5.74) is 8.56. The van der Waals surface area contributed by atoms with E-state index in [1.165, 1.54) is 6.42 Å². The minimum absolute atomic E-state index is 0.146. The van der Waals surface area contributed by atoms with E-state index in [2.05, 4.69) is 26.1 Å². The summed E-state index contributed by atoms with van der Waals surface area (Å²) in [4.78, 5) is 13.8. The first kappa shape index (κ1) is 14.8. The van der Waals surface area contributed by atoms with Crippen LogP contribution >= 0.6 is 15.9 Å². The van der Waals surface area contributed by atoms with Crippen LogP contribution in [0.2, 0.25) is 0 Å². The number of nitrogens with one attached hydrogen (secondary N) is 1. The fourth-order valence-electron chi connectivity index (χ4n) is 2.94. The summed E-state index contributed by atoms with van der Waals surface area (Å²) in [5, 5.41) is 2.83. The summed E-state index contributed by atoms with van der Waals surface area (Å²) in [5.74, 6) is -0.146. The monoisotopic (exact) mass is 353 g/mol. The number of ether oxygens (including phenoxy) is 1. The van der Waals surface area contributed by atoms with Crippen LogP contribution in [0.25, 0.3) is 0 Å². The van der Waals surface area contributed by atoms with Crippen LogP contribution in [0.15, 0.2) is 16.6 Å². The Labute approximate surface area is 132 Å². The topological polar surface area (TPSA) is 67.6 Å². The Morgan fingerprint density at radius 2 is 2.29 bits per heavy atom. The molecule has 0 radical (unpaired) electrons. The highest BCUT2D eigenvalue weighted by molar-refractivity contribution is 9.10. The van der Waals surface area contributed by atoms with Crippen molar-refractivity contribution in [1.29, 1.82) is 0 Å². The summed E-state index contributed by atoms with van der Waals surface area (Å²) in [6.45, 7) is 1.70. The third-order valence-electron chi connectivity index (χ3n) is 4.16. The summed E-state index contributed by atoms with van der Waals surface area (Å²) in [7, 11) is 2.04. The van der Waals surface area contributed by atoms with Gasteiger partial charge in [-0.15, -0.1) is 0 Å². The second kappa shape index (κ2) is 5.94. The Morgan fingerprint density at radius 3 is 3.00 bits per heavy atom. The average Bonchev–Trinajstić information content (AvgIpc) is 2.74. The highest BCUT2D eigenvalue weighted by Crippen LogP contribution is 2.38. The SMILES string of the molecule is CN(CC1CCCCO1)c1cc2c(cc1Br)C(N)C(=O)N2. The molecule has 114 valence electrons. The van der Waals surface area contributed by atoms with Gasteiger partial charge in [0, 0.05) is 35.9 Å². The van der Waals surface area contributed by atoms with Crippen molar-refractivity contribution in [2.75, 3.05) is 30.4 Å². The summed E-state index contributed by atoms with van der Waals surface area (Å²) >= 11 is 3.59. The molecule has 1 aromatic rings. The largest absolute Gasteiger partial charge is 0.376 e. The van der Waals surface area contributed by atoms with Gasteiger partial charge in [-0.1, -0.05) is 0 Å². The van der Waals surface area contributed by atoms with Crippen molar-refractivity contribution >= 4 is 33.2 Å². The van der Waals surface area contributed by atoms with Crippen molar-refractivity contribution < 1.29 is 9.53 Å². The zero-order chi connectivity index (χ0) is 15.0. The molecule has 2 heterocycles. The van der Waals surface area contributed by atoms with Gasteiger partial charge in [0.05, 0.1) is 11.8 Å². The molecule has 0 saturated carbocycles. The molecule has 1 fully saturated rings. The van der Waals surface area contributed by atoms with Gasteiger partial charge in [-0.3, -0.25) is 4.79 Å². The van der Waals surface area contributed by atoms with Crippen molar-refractivity contribution in [3.8, 4) is 0 Å². The fraction of sp³-hybridized carbons (Fsp3) is 0.533. The number of carbonyl (C=O) groups excluding carboxylic acids is 1. The Morgan fingerprint density at radius 1 is 1.48 bits per heavy atom. The van der Waals surface area contributed by atoms with E-state index in [9.17, 15) is 4.79 Å². The first-order chi connectivity index (χ1) is 10.1. The molecule has 1 saturated heterocycles. The first-order valence-electron chi connectivity index (χ1n) is 7.29. The molecule has 6 heteroatoms. The molecule has 21 heavy (non-hydrogen) atoms. The van der Waals surface area contributed by atoms with Crippen LogP contribution in [0.5, 0.6) is 0 Å². The highest BCUT2D eigenvalue weighted by Gasteiger charge is 2.29. The maximum absolute atomic E-state index is 11.7. The Kier molecular flexibility index (Phi) is 4.19. The number of benzene rings is 1. The Hall–Kier alpha value is -1.11. The summed E-state index contributed by atoms with van der Waals surface area (Å²) in [6, 6.07) is 3.34. The van der Waals surface area contributed by atoms with Crippen LogP contribution in [-0.2, 0) is 9.53 Å². The zero-order valence-corrected chi connectivity index (χ0v) is 13.6. The first-order valence-corrected chi connectivity index (χ1v) is 8.08. The van der Waals surface area contributed by atoms with Crippen molar-refractivity contribution in [2.24, 2.45) is 5.73 Å². The maximum Gasteiger partial charge on any atom is 0.245 e. The van der Waals surface area contributed by atoms with E-state index in [0.29, 0.717) is 0 Å². The normalized spacial score (nSPS) is 24.6. The standard InChI is InChI=1S/C15H20BrN3O2/c1-19(8-9-4-2-3-5-21-9)13-7-12-10(6-11(13)16)14(17)15(20)18-12/h6-7,9,14H,2-5,8,17H2,1H3,(H,18,20). The van der Waals surface area contributed by atoms with Crippen LogP contribution in [0, 0.1) is 0 Å². The van der Waals surface area contributed by atoms with Crippen LogP contribution in [0.1, 0.15) is 30.9 Å². The number of halogens is 1. The molecule has 0 aliphatic carbocycles. The Bertz CT molecular complexity index is 558. The highest BCUT2D eigenvalue weighted by atomic mass is 79.9. The van der Waals surface area contributed by atoms with E-state index in [1.807, 2.05) is 19.2 Å². The molecular weight excluding hydrogens is 334 g/mol. The third kappa shape index (κ3) is 2.93. The van der Waals surface area contributed by atoms with Crippen LogP contribution in [0.3, 0.4) is 0 Å². The smallest absolute Gasteiger partial charge is 0.245 e. The molecule has 0 bridgehead atoms. The lowest BCUT2D eigenvalue weighted by molar-refractivity contribution is -0.116. The number of carbonyl (C=O) groups is 1. The van der Waals surface area contributed by atoms with Crippen molar-refractivity contribution in [2.45, 2.75) is 31.4 Å². The molecular formula is C15H20BrN3O2. The predicted molar refractivity (Wildman–Crippen MR) is 86.6 cm³/mol. The van der Waals surface area contributed by atoms with Crippen molar-refractivity contribution in [3.63, 3.8) is 0 Å². The molecule has 1 amide bonds. The van der Waals surface area contributed by atoms with Crippen LogP contribution < -0.4 is 16.0 Å². The van der Waals surface area contributed by atoms with Gasteiger partial charge in [0.2, 0.25) is 5.91 Å². The molecule has 1 aromatic carbocycles. The number of hydrogen-bond acceptors (Lipinski definition) is 4. The van der Waals surface area contributed by atoms with Gasteiger partial charge in [0.15, 0.2) is 0 Å². The molecule has 0 aromatic heterocycles.